The highest BCUT2D eigenvalue weighted by Crippen LogP contribution is 2.22. The van der Waals surface area contributed by atoms with E-state index in [1.54, 1.807) is 6.20 Å². The zero-order chi connectivity index (χ0) is 17.4. The van der Waals surface area contributed by atoms with Crippen LogP contribution in [-0.4, -0.2) is 16.2 Å². The molecule has 2 heterocycles. The number of guanidine groups is 1. The summed E-state index contributed by atoms with van der Waals surface area (Å²) in [5, 5.41) is 15.5. The molecule has 6 nitrogen and oxygen atoms in total. The van der Waals surface area contributed by atoms with Gasteiger partial charge < -0.3 is 10.6 Å². The Bertz CT molecular complexity index is 713. The van der Waals surface area contributed by atoms with Crippen molar-refractivity contribution in [2.45, 2.75) is 26.8 Å². The van der Waals surface area contributed by atoms with Crippen LogP contribution in [0.4, 0.5) is 11.4 Å². The molecule has 1 aromatic heterocycles. The molecule has 1 atom stereocenters. The first-order valence-electron chi connectivity index (χ1n) is 8.02. The summed E-state index contributed by atoms with van der Waals surface area (Å²) in [5.74, 6) is 0.662. The molecule has 1 aliphatic rings. The molecular weight excluding hydrogens is 302 g/mol. The van der Waals surface area contributed by atoms with Crippen LogP contribution in [-0.2, 0) is 0 Å². The van der Waals surface area contributed by atoms with E-state index in [2.05, 4.69) is 20.6 Å². The van der Waals surface area contributed by atoms with E-state index >= 15 is 0 Å². The molecule has 0 spiro atoms. The molecule has 126 valence electrons. The second-order valence-electron chi connectivity index (χ2n) is 5.04. The Balaban J connectivity index is 0.00000100. The number of nitrogens with one attached hydrogen (secondary N) is 2. The number of aryl methyl sites for hydroxylation is 1. The first-order valence-corrected chi connectivity index (χ1v) is 8.02. The van der Waals surface area contributed by atoms with Gasteiger partial charge in [0.2, 0.25) is 5.96 Å². The molecule has 0 saturated heterocycles. The third kappa shape index (κ3) is 4.41. The van der Waals surface area contributed by atoms with E-state index in [-0.39, 0.29) is 6.04 Å². The van der Waals surface area contributed by atoms with Crippen molar-refractivity contribution in [2.75, 3.05) is 5.32 Å². The third-order valence-electron chi connectivity index (χ3n) is 3.46. The van der Waals surface area contributed by atoms with Gasteiger partial charge in [-0.05, 0) is 30.2 Å². The lowest BCUT2D eigenvalue weighted by Crippen LogP contribution is -2.73. The number of aromatic nitrogens is 1. The fraction of sp³-hybridized carbons (Fsp3) is 0.222. The van der Waals surface area contributed by atoms with Crippen molar-refractivity contribution in [3.05, 3.63) is 66.1 Å². The minimum atomic E-state index is -0.0645. The van der Waals surface area contributed by atoms with Gasteiger partial charge in [0.1, 0.15) is 6.04 Å². The molecule has 0 saturated carbocycles. The second-order valence-corrected chi connectivity index (χ2v) is 5.04. The number of hydrogen-bond acceptors (Lipinski definition) is 5. The Labute approximate surface area is 142 Å². The molecular formula is C18H24N5O+. The molecule has 6 heteroatoms. The number of rotatable bonds is 3. The highest BCUT2D eigenvalue weighted by Gasteiger charge is 2.13. The van der Waals surface area contributed by atoms with Gasteiger partial charge in [0, 0.05) is 36.4 Å². The average Bonchev–Trinajstić information content (AvgIpc) is 2.66. The molecule has 0 aliphatic carbocycles. The lowest BCUT2D eigenvalue weighted by molar-refractivity contribution is -0.825. The number of quaternary nitrogens is 1. The topological polar surface area (TPSA) is 86.2 Å². The molecule has 0 radical (unpaired) electrons. The van der Waals surface area contributed by atoms with E-state index in [1.807, 2.05) is 69.6 Å². The maximum absolute atomic E-state index is 9.13. The maximum Gasteiger partial charge on any atom is 0.200 e. The fourth-order valence-corrected chi connectivity index (χ4v) is 2.22. The van der Waals surface area contributed by atoms with Gasteiger partial charge in [-0.3, -0.25) is 4.98 Å². The van der Waals surface area contributed by atoms with Crippen LogP contribution in [0, 0.1) is 6.92 Å². The lowest BCUT2D eigenvalue weighted by atomic mass is 10.1. The summed E-state index contributed by atoms with van der Waals surface area (Å²) in [6.07, 6.45) is 7.41. The van der Waals surface area contributed by atoms with Gasteiger partial charge in [-0.25, -0.2) is 10.2 Å². The van der Waals surface area contributed by atoms with Crippen LogP contribution >= 0.6 is 0 Å². The van der Waals surface area contributed by atoms with Crippen LogP contribution in [0.5, 0.6) is 0 Å². The summed E-state index contributed by atoms with van der Waals surface area (Å²) >= 11 is 0. The van der Waals surface area contributed by atoms with Crippen LogP contribution in [0.3, 0.4) is 0 Å². The Morgan fingerprint density at radius 3 is 2.79 bits per heavy atom. The molecule has 5 N–H and O–H groups in total. The number of nitrogens with two attached hydrogens (primary N) is 1. The predicted molar refractivity (Wildman–Crippen MR) is 96.2 cm³/mol. The summed E-state index contributed by atoms with van der Waals surface area (Å²) in [5.41, 5.74) is 4.83. The van der Waals surface area contributed by atoms with Crippen molar-refractivity contribution in [1.29, 1.82) is 0 Å². The summed E-state index contributed by atoms with van der Waals surface area (Å²) in [7, 11) is 0. The van der Waals surface area contributed by atoms with Crippen molar-refractivity contribution >= 4 is 17.3 Å². The van der Waals surface area contributed by atoms with E-state index < -0.39 is 0 Å². The van der Waals surface area contributed by atoms with E-state index in [4.69, 9.17) is 5.21 Å². The van der Waals surface area contributed by atoms with Gasteiger partial charge in [0.25, 0.3) is 0 Å². The lowest BCUT2D eigenvalue weighted by Gasteiger charge is -2.18. The van der Waals surface area contributed by atoms with Crippen molar-refractivity contribution in [2.24, 2.45) is 4.99 Å². The van der Waals surface area contributed by atoms with E-state index in [0.717, 1.165) is 28.0 Å². The van der Waals surface area contributed by atoms with Gasteiger partial charge in [-0.1, -0.05) is 26.0 Å². The first-order chi connectivity index (χ1) is 11.8. The van der Waals surface area contributed by atoms with Crippen molar-refractivity contribution in [3.63, 3.8) is 0 Å². The van der Waals surface area contributed by atoms with Gasteiger partial charge in [-0.2, -0.15) is 5.48 Å². The number of nitrogens with zero attached hydrogens (tertiary/aromatic N) is 2. The molecule has 2 aromatic rings. The van der Waals surface area contributed by atoms with Crippen molar-refractivity contribution < 1.29 is 10.7 Å². The average molecular weight is 326 g/mol. The first kappa shape index (κ1) is 17.7. The van der Waals surface area contributed by atoms with Crippen LogP contribution < -0.4 is 16.1 Å². The summed E-state index contributed by atoms with van der Waals surface area (Å²) in [6.45, 7) is 6.00. The Morgan fingerprint density at radius 2 is 2.08 bits per heavy atom. The highest BCUT2D eigenvalue weighted by molar-refractivity contribution is 5.95. The standard InChI is InChI=1S/C16H17N5O.C2H6/c1-11-4-5-13(21-22)9-15(11)20-16-18-8-6-14(19-16)12-3-2-7-17-10-12;1-2/h2-10,14,21-22H,1H3,(H2,18,19,20);1-2H3/p+1. The van der Waals surface area contributed by atoms with Crippen LogP contribution in [0.15, 0.2) is 60.0 Å². The number of benzene rings is 1. The number of pyridine rings is 1. The summed E-state index contributed by atoms with van der Waals surface area (Å²) < 4.78 is 0. The maximum atomic E-state index is 9.13. The molecule has 0 amide bonds. The normalized spacial score (nSPS) is 15.7. The van der Waals surface area contributed by atoms with Crippen LogP contribution in [0.25, 0.3) is 0 Å². The van der Waals surface area contributed by atoms with Gasteiger partial charge in [0.05, 0.1) is 0 Å². The SMILES string of the molecule is CC.Cc1ccc([NH2+]O)cc1NC1=NC(c2cccnc2)C=CN1. The minimum absolute atomic E-state index is 0.0645. The minimum Gasteiger partial charge on any atom is -0.333 e. The van der Waals surface area contributed by atoms with Crippen molar-refractivity contribution in [3.8, 4) is 0 Å². The molecule has 1 aliphatic heterocycles. The Morgan fingerprint density at radius 1 is 1.25 bits per heavy atom. The number of hydrogen-bond donors (Lipinski definition) is 4. The molecule has 1 unspecified atom stereocenters. The highest BCUT2D eigenvalue weighted by atomic mass is 16.5. The number of anilines is 1. The zero-order valence-corrected chi connectivity index (χ0v) is 14.2. The Kier molecular flexibility index (Phi) is 6.48. The monoisotopic (exact) mass is 326 g/mol. The predicted octanol–water partition coefficient (Wildman–Crippen LogP) is 2.63. The molecule has 24 heavy (non-hydrogen) atoms. The quantitative estimate of drug-likeness (QED) is 0.516. The largest absolute Gasteiger partial charge is 0.333 e. The zero-order valence-electron chi connectivity index (χ0n) is 14.2. The van der Waals surface area contributed by atoms with Gasteiger partial charge in [-0.15, -0.1) is 0 Å². The van der Waals surface area contributed by atoms with E-state index in [1.165, 1.54) is 0 Å². The summed E-state index contributed by atoms with van der Waals surface area (Å²) in [6, 6.07) is 9.51. The fourth-order valence-electron chi connectivity index (χ4n) is 2.22. The van der Waals surface area contributed by atoms with Crippen molar-refractivity contribution in [1.82, 2.24) is 10.3 Å². The smallest absolute Gasteiger partial charge is 0.200 e. The molecule has 3 rings (SSSR count). The van der Waals surface area contributed by atoms with Crippen LogP contribution in [0.1, 0.15) is 31.0 Å². The third-order valence-corrected chi connectivity index (χ3v) is 3.46. The molecule has 0 fully saturated rings. The summed E-state index contributed by atoms with van der Waals surface area (Å²) in [4.78, 5) is 8.77. The van der Waals surface area contributed by atoms with E-state index in [9.17, 15) is 0 Å². The van der Waals surface area contributed by atoms with Gasteiger partial charge >= 0.3 is 0 Å². The van der Waals surface area contributed by atoms with Crippen LogP contribution in [0.2, 0.25) is 0 Å². The van der Waals surface area contributed by atoms with Gasteiger partial charge in [0.15, 0.2) is 5.69 Å². The number of aliphatic imine (C=N–C) groups is 1. The Hall–Kier alpha value is -2.70. The van der Waals surface area contributed by atoms with E-state index in [0.29, 0.717) is 5.96 Å². The molecule has 0 bridgehead atoms. The second kappa shape index (κ2) is 8.81. The molecule has 1 aromatic carbocycles.